The minimum atomic E-state index is 0.796. The molecule has 2 aliphatic heterocycles. The van der Waals surface area contributed by atoms with Gasteiger partial charge in [0, 0.05) is 54.9 Å². The van der Waals surface area contributed by atoms with Crippen molar-refractivity contribution in [1.29, 1.82) is 0 Å². The number of piperazine rings is 1. The van der Waals surface area contributed by atoms with Crippen LogP contribution in [0.5, 0.6) is 0 Å². The smallest absolute Gasteiger partial charge is 0.146 e. The number of nitrogens with zero attached hydrogens (tertiary/aromatic N) is 5. The monoisotopic (exact) mass is 483 g/mol. The number of anilines is 2. The normalized spacial score (nSPS) is 19.8. The highest BCUT2D eigenvalue weighted by Crippen LogP contribution is 2.40. The summed E-state index contributed by atoms with van der Waals surface area (Å²) in [5.41, 5.74) is 2.72. The average Bonchev–Trinajstić information content (AvgIpc) is 3.23. The predicted molar refractivity (Wildman–Crippen MR) is 136 cm³/mol. The molecule has 174 valence electrons. The highest BCUT2D eigenvalue weighted by Gasteiger charge is 2.27. The number of aryl methyl sites for hydroxylation is 2. The molecule has 0 unspecified atom stereocenters. The molecule has 33 heavy (non-hydrogen) atoms. The van der Waals surface area contributed by atoms with E-state index in [0.717, 1.165) is 82.1 Å². The van der Waals surface area contributed by atoms with Crippen molar-refractivity contribution in [2.75, 3.05) is 62.3 Å². The number of halogens is 1. The van der Waals surface area contributed by atoms with E-state index in [4.69, 9.17) is 26.3 Å². The molecule has 0 radical (unpaired) electrons. The fourth-order valence-electron chi connectivity index (χ4n) is 5.29. The molecule has 0 atom stereocenters. The van der Waals surface area contributed by atoms with Gasteiger partial charge in [0.25, 0.3) is 0 Å². The van der Waals surface area contributed by atoms with Gasteiger partial charge in [0.05, 0.1) is 25.1 Å². The minimum Gasteiger partial charge on any atom is -0.379 e. The summed E-state index contributed by atoms with van der Waals surface area (Å²) in [5, 5.41) is 2.13. The number of fused-ring (bicyclic) bond motifs is 3. The fraction of sp³-hybridized carbons (Fsp3) is 0.520. The first-order valence-electron chi connectivity index (χ1n) is 12.1. The lowest BCUT2D eigenvalue weighted by Crippen LogP contribution is -2.47. The summed E-state index contributed by atoms with van der Waals surface area (Å²) in [6.07, 6.45) is 4.92. The van der Waals surface area contributed by atoms with Gasteiger partial charge in [-0.15, -0.1) is 11.3 Å². The Kier molecular flexibility index (Phi) is 6.13. The van der Waals surface area contributed by atoms with Crippen LogP contribution in [0.1, 0.15) is 29.1 Å². The topological polar surface area (TPSA) is 44.7 Å². The number of ether oxygens (including phenoxy) is 1. The number of morpholine rings is 1. The van der Waals surface area contributed by atoms with Gasteiger partial charge < -0.3 is 14.5 Å². The van der Waals surface area contributed by atoms with Gasteiger partial charge in [0.2, 0.25) is 0 Å². The molecule has 3 aromatic rings. The van der Waals surface area contributed by atoms with Gasteiger partial charge in [-0.2, -0.15) is 0 Å². The molecule has 0 N–H and O–H groups in total. The first-order chi connectivity index (χ1) is 16.2. The van der Waals surface area contributed by atoms with E-state index < -0.39 is 0 Å². The van der Waals surface area contributed by atoms with Gasteiger partial charge in [0.1, 0.15) is 16.5 Å². The minimum absolute atomic E-state index is 0.796. The van der Waals surface area contributed by atoms with Gasteiger partial charge in [-0.05, 0) is 49.4 Å². The number of rotatable bonds is 4. The molecule has 8 heteroatoms. The maximum absolute atomic E-state index is 6.24. The van der Waals surface area contributed by atoms with Crippen molar-refractivity contribution in [3.05, 3.63) is 45.6 Å². The number of hydrogen-bond acceptors (Lipinski definition) is 7. The summed E-state index contributed by atoms with van der Waals surface area (Å²) in [6.45, 7) is 8.17. The number of thiophene rings is 1. The molecule has 0 saturated carbocycles. The molecule has 0 bridgehead atoms. The van der Waals surface area contributed by atoms with Gasteiger partial charge in [-0.25, -0.2) is 9.97 Å². The molecule has 0 amide bonds. The van der Waals surface area contributed by atoms with E-state index in [1.807, 2.05) is 23.5 Å². The third kappa shape index (κ3) is 4.44. The van der Waals surface area contributed by atoms with E-state index in [2.05, 4.69) is 26.8 Å². The van der Waals surface area contributed by atoms with Crippen LogP contribution in [0, 0.1) is 0 Å². The molecule has 1 aromatic carbocycles. The maximum atomic E-state index is 6.24. The van der Waals surface area contributed by atoms with Gasteiger partial charge >= 0.3 is 0 Å². The van der Waals surface area contributed by atoms with Crippen LogP contribution < -0.4 is 9.80 Å². The van der Waals surface area contributed by atoms with Gasteiger partial charge in [-0.1, -0.05) is 17.7 Å². The molecule has 0 spiro atoms. The lowest BCUT2D eigenvalue weighted by atomic mass is 9.97. The van der Waals surface area contributed by atoms with Crippen LogP contribution in [0.15, 0.2) is 24.3 Å². The number of benzene rings is 1. The Hall–Kier alpha value is -1.93. The van der Waals surface area contributed by atoms with E-state index in [0.29, 0.717) is 0 Å². The van der Waals surface area contributed by atoms with Crippen molar-refractivity contribution in [3.63, 3.8) is 0 Å². The second-order valence-corrected chi connectivity index (χ2v) is 10.7. The molecular weight excluding hydrogens is 454 g/mol. The van der Waals surface area contributed by atoms with E-state index in [1.54, 1.807) is 0 Å². The Bertz CT molecular complexity index is 1140. The van der Waals surface area contributed by atoms with Crippen molar-refractivity contribution in [2.24, 2.45) is 0 Å². The molecule has 1 aliphatic carbocycles. The summed E-state index contributed by atoms with van der Waals surface area (Å²) in [6, 6.07) is 8.19. The molecule has 6 nitrogen and oxygen atoms in total. The van der Waals surface area contributed by atoms with Crippen LogP contribution >= 0.6 is 22.9 Å². The quantitative estimate of drug-likeness (QED) is 0.548. The second kappa shape index (κ2) is 9.37. The van der Waals surface area contributed by atoms with Crippen molar-refractivity contribution < 1.29 is 4.74 Å². The van der Waals surface area contributed by atoms with Crippen LogP contribution in [0.2, 0.25) is 5.02 Å². The number of aromatic nitrogens is 2. The Morgan fingerprint density at radius 1 is 0.939 bits per heavy atom. The molecule has 2 aromatic heterocycles. The van der Waals surface area contributed by atoms with Crippen molar-refractivity contribution in [3.8, 4) is 0 Å². The third-order valence-electron chi connectivity index (χ3n) is 7.06. The molecule has 6 rings (SSSR count). The average molecular weight is 484 g/mol. The SMILES string of the molecule is Clc1cccc(N2CCN(c3nc(CN4CCOCC4)nc4sc5c(c34)CCCC5)CC2)c1. The molecule has 2 fully saturated rings. The maximum Gasteiger partial charge on any atom is 0.146 e. The van der Waals surface area contributed by atoms with Crippen LogP contribution in [-0.4, -0.2) is 67.4 Å². The molecular formula is C25H30ClN5OS. The van der Waals surface area contributed by atoms with Crippen LogP contribution in [0.25, 0.3) is 10.2 Å². The zero-order valence-corrected chi connectivity index (χ0v) is 20.5. The zero-order chi connectivity index (χ0) is 22.2. The highest BCUT2D eigenvalue weighted by molar-refractivity contribution is 7.19. The third-order valence-corrected chi connectivity index (χ3v) is 8.48. The summed E-state index contributed by atoms with van der Waals surface area (Å²) in [7, 11) is 0. The molecule has 2 saturated heterocycles. The largest absolute Gasteiger partial charge is 0.379 e. The Balaban J connectivity index is 1.31. The van der Waals surface area contributed by atoms with Crippen LogP contribution in [0.3, 0.4) is 0 Å². The predicted octanol–water partition coefficient (Wildman–Crippen LogP) is 4.38. The zero-order valence-electron chi connectivity index (χ0n) is 18.9. The van der Waals surface area contributed by atoms with Gasteiger partial charge in [0.15, 0.2) is 0 Å². The Morgan fingerprint density at radius 2 is 1.73 bits per heavy atom. The number of hydrogen-bond donors (Lipinski definition) is 0. The van der Waals surface area contributed by atoms with Crippen molar-refractivity contribution in [1.82, 2.24) is 14.9 Å². The second-order valence-electron chi connectivity index (χ2n) is 9.20. The van der Waals surface area contributed by atoms with Gasteiger partial charge in [-0.3, -0.25) is 4.90 Å². The van der Waals surface area contributed by atoms with E-state index in [-0.39, 0.29) is 0 Å². The van der Waals surface area contributed by atoms with Crippen LogP contribution in [0.4, 0.5) is 11.5 Å². The fourth-order valence-corrected chi connectivity index (χ4v) is 6.75. The first-order valence-corrected chi connectivity index (χ1v) is 13.3. The van der Waals surface area contributed by atoms with Crippen molar-refractivity contribution in [2.45, 2.75) is 32.2 Å². The summed E-state index contributed by atoms with van der Waals surface area (Å²) in [5.74, 6) is 2.11. The highest BCUT2D eigenvalue weighted by atomic mass is 35.5. The van der Waals surface area contributed by atoms with E-state index in [9.17, 15) is 0 Å². The summed E-state index contributed by atoms with van der Waals surface area (Å²) < 4.78 is 5.53. The Morgan fingerprint density at radius 3 is 2.55 bits per heavy atom. The van der Waals surface area contributed by atoms with Crippen LogP contribution in [-0.2, 0) is 24.1 Å². The summed E-state index contributed by atoms with van der Waals surface area (Å²) >= 11 is 8.15. The Labute approximate surface area is 204 Å². The molecule has 3 aliphatic rings. The van der Waals surface area contributed by atoms with E-state index in [1.165, 1.54) is 45.6 Å². The standard InChI is InChI=1S/C25H30ClN5OS/c26-18-4-3-5-19(16-18)30-8-10-31(11-9-30)24-23-20-6-1-2-7-21(20)33-25(23)28-22(27-24)17-29-12-14-32-15-13-29/h3-5,16H,1-2,6-15,17H2. The lowest BCUT2D eigenvalue weighted by molar-refractivity contribution is 0.0331. The molecule has 4 heterocycles. The lowest BCUT2D eigenvalue weighted by Gasteiger charge is -2.37. The van der Waals surface area contributed by atoms with Crippen molar-refractivity contribution >= 4 is 44.7 Å². The summed E-state index contributed by atoms with van der Waals surface area (Å²) in [4.78, 5) is 20.3. The first kappa shape index (κ1) is 21.6. The van der Waals surface area contributed by atoms with E-state index >= 15 is 0 Å².